The van der Waals surface area contributed by atoms with Gasteiger partial charge in [0.2, 0.25) is 0 Å². The minimum Gasteiger partial charge on any atom is -0.493 e. The largest absolute Gasteiger partial charge is 0.493 e. The first-order chi connectivity index (χ1) is 26.5. The van der Waals surface area contributed by atoms with Crippen molar-refractivity contribution in [2.75, 3.05) is 68.9 Å². The van der Waals surface area contributed by atoms with Crippen LogP contribution in [-0.2, 0) is 15.1 Å². The van der Waals surface area contributed by atoms with Crippen molar-refractivity contribution in [3.8, 4) is 11.4 Å². The van der Waals surface area contributed by atoms with E-state index < -0.39 is 23.3 Å². The standard InChI is InChI=1S/C40H51F2N7O6/c1-27(2)37(28(3)53-20-4-15-44-38(50)51)49-39(52)48(26-45-49)33-8-6-31(7-9-33)46-16-18-47(19-17-46)32-10-12-34(13-11-32)54-23-29-22-40(25-43,55-24-29)35-14-5-30(41)21-36(35)42/h5-14,21,26-29,37,44H,4,15-20,22-25,43H2,1-3H3,(H,50,51)/t28?,29?,37?,40-/m1/s1. The molecule has 15 heteroatoms. The molecule has 13 nitrogen and oxygen atoms in total. The van der Waals surface area contributed by atoms with Crippen molar-refractivity contribution in [3.05, 3.63) is 101 Å². The van der Waals surface area contributed by atoms with Crippen LogP contribution in [-0.4, -0.2) is 90.7 Å². The molecule has 3 heterocycles. The molecule has 55 heavy (non-hydrogen) atoms. The second-order valence-electron chi connectivity index (χ2n) is 14.6. The van der Waals surface area contributed by atoms with E-state index in [-0.39, 0.29) is 41.8 Å². The van der Waals surface area contributed by atoms with Gasteiger partial charge in [-0.1, -0.05) is 19.9 Å². The number of piperazine rings is 1. The summed E-state index contributed by atoms with van der Waals surface area (Å²) < 4.78 is 49.1. The number of rotatable bonds is 16. The van der Waals surface area contributed by atoms with E-state index >= 15 is 0 Å². The summed E-state index contributed by atoms with van der Waals surface area (Å²) >= 11 is 0. The lowest BCUT2D eigenvalue weighted by molar-refractivity contribution is 0.00363. The second-order valence-corrected chi connectivity index (χ2v) is 14.6. The van der Waals surface area contributed by atoms with Gasteiger partial charge in [0.15, 0.2) is 0 Å². The summed E-state index contributed by atoms with van der Waals surface area (Å²) in [6.45, 7) is 10.8. The number of nitrogens with two attached hydrogens (primary N) is 1. The Morgan fingerprint density at radius 2 is 1.64 bits per heavy atom. The Balaban J connectivity index is 0.984. The number of nitrogens with one attached hydrogen (secondary N) is 1. The fourth-order valence-corrected chi connectivity index (χ4v) is 7.64. The second kappa shape index (κ2) is 17.6. The molecule has 2 aliphatic rings. The number of carbonyl (C=O) groups is 1. The van der Waals surface area contributed by atoms with Crippen molar-refractivity contribution >= 4 is 17.5 Å². The summed E-state index contributed by atoms with van der Waals surface area (Å²) in [5.41, 5.74) is 7.95. The summed E-state index contributed by atoms with van der Waals surface area (Å²) in [5, 5.41) is 15.5. The van der Waals surface area contributed by atoms with Crippen LogP contribution in [0.4, 0.5) is 25.0 Å². The monoisotopic (exact) mass is 763 g/mol. The first kappa shape index (κ1) is 39.7. The maximum atomic E-state index is 14.6. The van der Waals surface area contributed by atoms with Crippen LogP contribution in [0.1, 0.15) is 45.2 Å². The topological polar surface area (TPSA) is 149 Å². The van der Waals surface area contributed by atoms with Crippen LogP contribution < -0.4 is 31.3 Å². The minimum absolute atomic E-state index is 0.00745. The molecule has 4 atom stereocenters. The lowest BCUT2D eigenvalue weighted by atomic mass is 9.87. The van der Waals surface area contributed by atoms with Crippen LogP contribution in [0.25, 0.3) is 5.69 Å². The molecule has 1 aromatic heterocycles. The van der Waals surface area contributed by atoms with Gasteiger partial charge in [0.05, 0.1) is 31.0 Å². The van der Waals surface area contributed by atoms with Gasteiger partial charge >= 0.3 is 11.8 Å². The van der Waals surface area contributed by atoms with Crippen LogP contribution >= 0.6 is 0 Å². The van der Waals surface area contributed by atoms with E-state index in [1.165, 1.54) is 21.4 Å². The first-order valence-electron chi connectivity index (χ1n) is 18.9. The van der Waals surface area contributed by atoms with E-state index in [1.807, 2.05) is 57.2 Å². The molecule has 2 aliphatic heterocycles. The van der Waals surface area contributed by atoms with Crippen LogP contribution in [0.2, 0.25) is 0 Å². The van der Waals surface area contributed by atoms with Crippen LogP contribution in [0.3, 0.4) is 0 Å². The summed E-state index contributed by atoms with van der Waals surface area (Å²) in [4.78, 5) is 28.9. The molecule has 2 saturated heterocycles. The lowest BCUT2D eigenvalue weighted by Crippen LogP contribution is -2.46. The van der Waals surface area contributed by atoms with E-state index in [2.05, 4.69) is 32.3 Å². The molecular formula is C40H51F2N7O6. The van der Waals surface area contributed by atoms with E-state index in [0.717, 1.165) is 55.1 Å². The third kappa shape index (κ3) is 9.28. The molecular weight excluding hydrogens is 712 g/mol. The average molecular weight is 764 g/mol. The molecule has 3 unspecified atom stereocenters. The van der Waals surface area contributed by atoms with Gasteiger partial charge in [0, 0.05) is 74.8 Å². The van der Waals surface area contributed by atoms with Gasteiger partial charge in [-0.05, 0) is 80.3 Å². The molecule has 296 valence electrons. The number of aromatic nitrogens is 3. The number of ether oxygens (including phenoxy) is 3. The molecule has 6 rings (SSSR count). The van der Waals surface area contributed by atoms with Gasteiger partial charge in [-0.3, -0.25) is 0 Å². The number of hydrogen-bond donors (Lipinski definition) is 3. The predicted octanol–water partition coefficient (Wildman–Crippen LogP) is 5.17. The molecule has 4 aromatic rings. The summed E-state index contributed by atoms with van der Waals surface area (Å²) in [6.07, 6.45) is 1.17. The Kier molecular flexibility index (Phi) is 12.7. The normalized spacial score (nSPS) is 19.8. The minimum atomic E-state index is -1.07. The van der Waals surface area contributed by atoms with Crippen molar-refractivity contribution in [2.24, 2.45) is 17.6 Å². The highest BCUT2D eigenvalue weighted by molar-refractivity contribution is 5.64. The van der Waals surface area contributed by atoms with Crippen molar-refractivity contribution in [3.63, 3.8) is 0 Å². The number of carboxylic acid groups (broad SMARTS) is 1. The zero-order valence-electron chi connectivity index (χ0n) is 31.6. The van der Waals surface area contributed by atoms with Crippen molar-refractivity contribution in [2.45, 2.75) is 51.4 Å². The molecule has 0 spiro atoms. The highest BCUT2D eigenvalue weighted by atomic mass is 19.1. The van der Waals surface area contributed by atoms with Gasteiger partial charge in [-0.2, -0.15) is 5.10 Å². The Hall–Kier alpha value is -4.99. The van der Waals surface area contributed by atoms with Gasteiger partial charge in [-0.15, -0.1) is 0 Å². The maximum absolute atomic E-state index is 14.6. The molecule has 0 bridgehead atoms. The van der Waals surface area contributed by atoms with Gasteiger partial charge in [0.25, 0.3) is 0 Å². The van der Waals surface area contributed by atoms with E-state index in [4.69, 9.17) is 25.1 Å². The Labute approximate surface area is 319 Å². The Morgan fingerprint density at radius 1 is 1.00 bits per heavy atom. The number of benzene rings is 3. The SMILES string of the molecule is CC(C)C(C(C)OCCCNC(=O)O)n1ncn(-c2ccc(N3CCN(c4ccc(OCC5CO[C@](CN)(c6ccc(F)cc6F)C5)cc4)CC3)cc2)c1=O. The fourth-order valence-electron chi connectivity index (χ4n) is 7.64. The van der Waals surface area contributed by atoms with Gasteiger partial charge in [0.1, 0.15) is 29.3 Å². The van der Waals surface area contributed by atoms with Crippen molar-refractivity contribution in [1.82, 2.24) is 19.7 Å². The molecule has 0 radical (unpaired) electrons. The van der Waals surface area contributed by atoms with Crippen LogP contribution in [0.15, 0.2) is 77.9 Å². The summed E-state index contributed by atoms with van der Waals surface area (Å²) in [5.74, 6) is -0.483. The smallest absolute Gasteiger partial charge is 0.404 e. The number of amides is 1. The zero-order valence-corrected chi connectivity index (χ0v) is 31.6. The van der Waals surface area contributed by atoms with Crippen LogP contribution in [0, 0.1) is 23.5 Å². The highest BCUT2D eigenvalue weighted by Gasteiger charge is 2.43. The van der Waals surface area contributed by atoms with Crippen molar-refractivity contribution in [1.29, 1.82) is 0 Å². The molecule has 0 aliphatic carbocycles. The summed E-state index contributed by atoms with van der Waals surface area (Å²) in [7, 11) is 0. The Bertz CT molecular complexity index is 1930. The molecule has 2 fully saturated rings. The number of anilines is 2. The van der Waals surface area contributed by atoms with Crippen molar-refractivity contribution < 1.29 is 32.9 Å². The Morgan fingerprint density at radius 3 is 2.24 bits per heavy atom. The van der Waals surface area contributed by atoms with E-state index in [1.54, 1.807) is 6.33 Å². The molecule has 4 N–H and O–H groups in total. The number of halogens is 2. The average Bonchev–Trinajstić information content (AvgIpc) is 3.77. The predicted molar refractivity (Wildman–Crippen MR) is 205 cm³/mol. The third-order valence-corrected chi connectivity index (χ3v) is 10.5. The zero-order chi connectivity index (χ0) is 39.1. The third-order valence-electron chi connectivity index (χ3n) is 10.5. The number of hydrogen-bond acceptors (Lipinski definition) is 9. The van der Waals surface area contributed by atoms with Gasteiger partial charge in [-0.25, -0.2) is 27.6 Å². The van der Waals surface area contributed by atoms with Gasteiger partial charge < -0.3 is 40.2 Å². The lowest BCUT2D eigenvalue weighted by Gasteiger charge is -2.37. The molecule has 3 aromatic carbocycles. The molecule has 1 amide bonds. The first-order valence-corrected chi connectivity index (χ1v) is 18.9. The quantitative estimate of drug-likeness (QED) is 0.131. The molecule has 0 saturated carbocycles. The highest BCUT2D eigenvalue weighted by Crippen LogP contribution is 2.40. The summed E-state index contributed by atoms with van der Waals surface area (Å²) in [6, 6.07) is 19.1. The van der Waals surface area contributed by atoms with E-state index in [9.17, 15) is 18.4 Å². The fraction of sp³-hybridized carbons (Fsp3) is 0.475. The maximum Gasteiger partial charge on any atom is 0.404 e. The van der Waals surface area contributed by atoms with E-state index in [0.29, 0.717) is 39.2 Å². The van der Waals surface area contributed by atoms with Crippen LogP contribution in [0.5, 0.6) is 5.75 Å². The number of nitrogens with zero attached hydrogens (tertiary/aromatic N) is 5.